The maximum Gasteiger partial charge on any atom is 0.127 e. The molecule has 2 aromatic rings. The van der Waals surface area contributed by atoms with Crippen molar-refractivity contribution >= 4 is 16.3 Å². The first-order chi connectivity index (χ1) is 8.26. The normalized spacial score (nSPS) is 10.9. The number of ether oxygens (including phenoxy) is 1. The Labute approximate surface area is 102 Å². The van der Waals surface area contributed by atoms with Crippen LogP contribution in [0.2, 0.25) is 0 Å². The highest BCUT2D eigenvalue weighted by Gasteiger charge is 2.06. The lowest BCUT2D eigenvalue weighted by Crippen LogP contribution is -1.90. The zero-order chi connectivity index (χ0) is 12.3. The second-order valence-electron chi connectivity index (χ2n) is 3.92. The van der Waals surface area contributed by atoms with Gasteiger partial charge in [-0.05, 0) is 35.4 Å². The van der Waals surface area contributed by atoms with E-state index in [1.807, 2.05) is 31.2 Å². The van der Waals surface area contributed by atoms with Crippen molar-refractivity contribution in [3.05, 3.63) is 60.7 Å². The van der Waals surface area contributed by atoms with Gasteiger partial charge in [0.25, 0.3) is 0 Å². The molecule has 0 bridgehead atoms. The van der Waals surface area contributed by atoms with Gasteiger partial charge >= 0.3 is 0 Å². The van der Waals surface area contributed by atoms with Crippen molar-refractivity contribution in [2.24, 2.45) is 0 Å². The van der Waals surface area contributed by atoms with E-state index in [0.717, 1.165) is 16.9 Å². The largest absolute Gasteiger partial charge is 0.496 e. The Morgan fingerprint density at radius 1 is 1.18 bits per heavy atom. The third-order valence-electron chi connectivity index (χ3n) is 2.78. The summed E-state index contributed by atoms with van der Waals surface area (Å²) in [6.45, 7) is 6.05. The van der Waals surface area contributed by atoms with Gasteiger partial charge in [0.05, 0.1) is 7.11 Å². The van der Waals surface area contributed by atoms with Crippen molar-refractivity contribution in [2.75, 3.05) is 7.11 Å². The lowest BCUT2D eigenvalue weighted by atomic mass is 10.0. The number of allylic oxidation sites excluding steroid dienone is 3. The van der Waals surface area contributed by atoms with E-state index in [9.17, 15) is 0 Å². The van der Waals surface area contributed by atoms with E-state index in [1.165, 1.54) is 10.8 Å². The Balaban J connectivity index is 2.64. The van der Waals surface area contributed by atoms with Gasteiger partial charge < -0.3 is 4.74 Å². The van der Waals surface area contributed by atoms with Crippen LogP contribution in [0.4, 0.5) is 0 Å². The number of rotatable bonds is 3. The van der Waals surface area contributed by atoms with E-state index in [4.69, 9.17) is 4.74 Å². The Morgan fingerprint density at radius 2 is 1.82 bits per heavy atom. The molecule has 2 rings (SSSR count). The highest BCUT2D eigenvalue weighted by Crippen LogP contribution is 2.30. The molecular weight excluding hydrogens is 208 g/mol. The molecule has 0 heterocycles. The fourth-order valence-corrected chi connectivity index (χ4v) is 1.93. The lowest BCUT2D eigenvalue weighted by Gasteiger charge is -2.10. The summed E-state index contributed by atoms with van der Waals surface area (Å²) >= 11 is 0. The van der Waals surface area contributed by atoms with Crippen LogP contribution in [0, 0.1) is 0 Å². The van der Waals surface area contributed by atoms with Crippen LogP contribution in [0.25, 0.3) is 16.3 Å². The predicted octanol–water partition coefficient (Wildman–Crippen LogP) is 4.44. The van der Waals surface area contributed by atoms with Crippen LogP contribution in [-0.4, -0.2) is 7.11 Å². The molecule has 17 heavy (non-hydrogen) atoms. The molecule has 0 aliphatic rings. The predicted molar refractivity (Wildman–Crippen MR) is 74.3 cm³/mol. The van der Waals surface area contributed by atoms with Crippen LogP contribution in [0.3, 0.4) is 0 Å². The summed E-state index contributed by atoms with van der Waals surface area (Å²) in [5.74, 6) is 0.867. The van der Waals surface area contributed by atoms with E-state index in [-0.39, 0.29) is 0 Å². The molecule has 0 unspecified atom stereocenters. The number of methoxy groups -OCH3 is 1. The Bertz CT molecular complexity index is 579. The van der Waals surface area contributed by atoms with Crippen molar-refractivity contribution in [1.82, 2.24) is 0 Å². The van der Waals surface area contributed by atoms with Gasteiger partial charge in [0.15, 0.2) is 0 Å². The molecule has 0 fully saturated rings. The van der Waals surface area contributed by atoms with Gasteiger partial charge in [-0.15, -0.1) is 0 Å². The number of hydrogen-bond donors (Lipinski definition) is 0. The molecule has 2 aromatic carbocycles. The Hall–Kier alpha value is -2.02. The summed E-state index contributed by atoms with van der Waals surface area (Å²) < 4.78 is 5.43. The second-order valence-corrected chi connectivity index (χ2v) is 3.92. The quantitative estimate of drug-likeness (QED) is 0.700. The van der Waals surface area contributed by atoms with Crippen molar-refractivity contribution in [3.8, 4) is 5.75 Å². The molecule has 0 radical (unpaired) electrons. The van der Waals surface area contributed by atoms with Crippen molar-refractivity contribution in [1.29, 1.82) is 0 Å². The fourth-order valence-electron chi connectivity index (χ4n) is 1.93. The number of hydrogen-bond acceptors (Lipinski definition) is 1. The van der Waals surface area contributed by atoms with Gasteiger partial charge in [-0.3, -0.25) is 0 Å². The monoisotopic (exact) mass is 224 g/mol. The van der Waals surface area contributed by atoms with Gasteiger partial charge in [0, 0.05) is 5.56 Å². The molecule has 1 nitrogen and oxygen atoms in total. The summed E-state index contributed by atoms with van der Waals surface area (Å²) in [5, 5.41) is 2.38. The SMILES string of the molecule is C=C(/C=C\C)c1cc2ccccc2cc1OC. The molecule has 0 spiro atoms. The second kappa shape index (κ2) is 4.88. The van der Waals surface area contributed by atoms with E-state index in [2.05, 4.69) is 30.8 Å². The summed E-state index contributed by atoms with van der Waals surface area (Å²) in [6.07, 6.45) is 3.98. The van der Waals surface area contributed by atoms with Gasteiger partial charge in [0.1, 0.15) is 5.75 Å². The molecule has 0 aromatic heterocycles. The molecule has 0 aliphatic heterocycles. The zero-order valence-electron chi connectivity index (χ0n) is 10.2. The van der Waals surface area contributed by atoms with Crippen LogP contribution < -0.4 is 4.74 Å². The Kier molecular flexibility index (Phi) is 3.29. The van der Waals surface area contributed by atoms with E-state index in [1.54, 1.807) is 7.11 Å². The van der Waals surface area contributed by atoms with Crippen LogP contribution >= 0.6 is 0 Å². The first-order valence-corrected chi connectivity index (χ1v) is 5.65. The summed E-state index contributed by atoms with van der Waals surface area (Å²) in [6, 6.07) is 12.4. The molecular formula is C16H16O. The van der Waals surface area contributed by atoms with Crippen LogP contribution in [-0.2, 0) is 0 Å². The molecule has 86 valence electrons. The van der Waals surface area contributed by atoms with Crippen LogP contribution in [0.15, 0.2) is 55.1 Å². The summed E-state index contributed by atoms with van der Waals surface area (Å²) in [5.41, 5.74) is 2.01. The zero-order valence-corrected chi connectivity index (χ0v) is 10.2. The third-order valence-corrected chi connectivity index (χ3v) is 2.78. The van der Waals surface area contributed by atoms with Gasteiger partial charge in [-0.2, -0.15) is 0 Å². The van der Waals surface area contributed by atoms with Crippen LogP contribution in [0.5, 0.6) is 5.75 Å². The fraction of sp³-hybridized carbons (Fsp3) is 0.125. The summed E-state index contributed by atoms with van der Waals surface area (Å²) in [4.78, 5) is 0. The maximum atomic E-state index is 5.43. The number of fused-ring (bicyclic) bond motifs is 1. The minimum atomic E-state index is 0.867. The van der Waals surface area contributed by atoms with Crippen LogP contribution in [0.1, 0.15) is 12.5 Å². The van der Waals surface area contributed by atoms with Gasteiger partial charge in [0.2, 0.25) is 0 Å². The van der Waals surface area contributed by atoms with Crippen molar-refractivity contribution < 1.29 is 4.74 Å². The van der Waals surface area contributed by atoms with E-state index >= 15 is 0 Å². The van der Waals surface area contributed by atoms with Gasteiger partial charge in [-0.25, -0.2) is 0 Å². The van der Waals surface area contributed by atoms with E-state index in [0.29, 0.717) is 0 Å². The van der Waals surface area contributed by atoms with Crippen molar-refractivity contribution in [2.45, 2.75) is 6.92 Å². The minimum Gasteiger partial charge on any atom is -0.496 e. The average molecular weight is 224 g/mol. The summed E-state index contributed by atoms with van der Waals surface area (Å²) in [7, 11) is 1.69. The molecule has 0 aliphatic carbocycles. The molecule has 0 saturated heterocycles. The minimum absolute atomic E-state index is 0.867. The molecule has 0 amide bonds. The topological polar surface area (TPSA) is 9.23 Å². The average Bonchev–Trinajstić information content (AvgIpc) is 2.37. The van der Waals surface area contributed by atoms with E-state index < -0.39 is 0 Å². The standard InChI is InChI=1S/C16H16O/c1-4-7-12(2)15-10-13-8-5-6-9-14(13)11-16(15)17-3/h4-11H,2H2,1,3H3/b7-4-. The van der Waals surface area contributed by atoms with Crippen molar-refractivity contribution in [3.63, 3.8) is 0 Å². The highest BCUT2D eigenvalue weighted by molar-refractivity contribution is 5.90. The lowest BCUT2D eigenvalue weighted by molar-refractivity contribution is 0.414. The third kappa shape index (κ3) is 2.23. The first-order valence-electron chi connectivity index (χ1n) is 5.65. The Morgan fingerprint density at radius 3 is 2.41 bits per heavy atom. The first kappa shape index (κ1) is 11.5. The molecule has 0 saturated carbocycles. The van der Waals surface area contributed by atoms with Gasteiger partial charge in [-0.1, -0.05) is 43.0 Å². The molecule has 0 atom stereocenters. The molecule has 0 N–H and O–H groups in total. The molecule has 1 heteroatoms. The highest BCUT2D eigenvalue weighted by atomic mass is 16.5. The number of benzene rings is 2. The smallest absolute Gasteiger partial charge is 0.127 e. The maximum absolute atomic E-state index is 5.43.